The molecule has 0 radical (unpaired) electrons. The van der Waals surface area contributed by atoms with Gasteiger partial charge in [-0.2, -0.15) is 0 Å². The van der Waals surface area contributed by atoms with Crippen LogP contribution in [0.15, 0.2) is 5.16 Å². The highest BCUT2D eigenvalue weighted by Gasteiger charge is 2.10. The molecule has 0 aliphatic carbocycles. The highest BCUT2D eigenvalue weighted by molar-refractivity contribution is 6.35. The number of oxime groups is 1. The molecule has 10 heavy (non-hydrogen) atoms. The van der Waals surface area contributed by atoms with E-state index in [0.29, 0.717) is 6.42 Å². The quantitative estimate of drug-likeness (QED) is 0.353. The number of hydrogen-bond donors (Lipinski definition) is 2. The Morgan fingerprint density at radius 3 is 2.20 bits per heavy atom. The molecule has 2 N–H and O–H groups in total. The van der Waals surface area contributed by atoms with Gasteiger partial charge in [0.25, 0.3) is 0 Å². The molecular weight excluding hydrogens is 134 g/mol. The van der Waals surface area contributed by atoms with Crippen molar-refractivity contribution in [2.45, 2.75) is 20.3 Å². The molecule has 0 saturated heterocycles. The fourth-order valence-corrected chi connectivity index (χ4v) is 0.558. The van der Waals surface area contributed by atoms with Crippen molar-refractivity contribution < 1.29 is 15.1 Å². The Balaban J connectivity index is 3.99. The van der Waals surface area contributed by atoms with Gasteiger partial charge in [-0.3, -0.25) is 0 Å². The number of rotatable bonds is 3. The second-order valence-corrected chi connectivity index (χ2v) is 2.45. The van der Waals surface area contributed by atoms with Crippen molar-refractivity contribution in [3.05, 3.63) is 0 Å². The summed E-state index contributed by atoms with van der Waals surface area (Å²) in [5.74, 6) is -0.960. The molecule has 0 heterocycles. The predicted octanol–water partition coefficient (Wildman–Crippen LogP) is 0.947. The Morgan fingerprint density at radius 2 is 2.10 bits per heavy atom. The summed E-state index contributed by atoms with van der Waals surface area (Å²) in [6, 6.07) is 0. The number of nitrogens with zero attached hydrogens (tertiary/aromatic N) is 1. The lowest BCUT2D eigenvalue weighted by atomic mass is 10.1. The van der Waals surface area contributed by atoms with E-state index in [1.165, 1.54) is 0 Å². The number of carboxylic acid groups (broad SMARTS) is 1. The molecular formula is C6H11NO3. The van der Waals surface area contributed by atoms with E-state index in [2.05, 4.69) is 5.16 Å². The minimum atomic E-state index is -1.16. The van der Waals surface area contributed by atoms with E-state index in [4.69, 9.17) is 10.3 Å². The van der Waals surface area contributed by atoms with Gasteiger partial charge in [-0.15, -0.1) is 0 Å². The van der Waals surface area contributed by atoms with Gasteiger partial charge in [0, 0.05) is 6.42 Å². The van der Waals surface area contributed by atoms with Crippen LogP contribution in [0, 0.1) is 5.92 Å². The molecule has 0 aliphatic heterocycles. The van der Waals surface area contributed by atoms with Crippen molar-refractivity contribution in [1.82, 2.24) is 0 Å². The van der Waals surface area contributed by atoms with Gasteiger partial charge >= 0.3 is 5.97 Å². The van der Waals surface area contributed by atoms with Crippen LogP contribution in [0.4, 0.5) is 0 Å². The summed E-state index contributed by atoms with van der Waals surface area (Å²) in [5, 5.41) is 19.1. The van der Waals surface area contributed by atoms with Gasteiger partial charge in [0.1, 0.15) is 0 Å². The molecule has 0 aromatic heterocycles. The Hall–Kier alpha value is -1.06. The molecule has 58 valence electrons. The van der Waals surface area contributed by atoms with E-state index in [0.717, 1.165) is 0 Å². The van der Waals surface area contributed by atoms with Crippen molar-refractivity contribution in [3.8, 4) is 0 Å². The zero-order chi connectivity index (χ0) is 8.15. The van der Waals surface area contributed by atoms with Crippen LogP contribution < -0.4 is 0 Å². The van der Waals surface area contributed by atoms with Crippen LogP contribution in [0.3, 0.4) is 0 Å². The molecule has 0 aromatic rings. The van der Waals surface area contributed by atoms with Crippen LogP contribution in [0.2, 0.25) is 0 Å². The molecule has 4 nitrogen and oxygen atoms in total. The van der Waals surface area contributed by atoms with E-state index < -0.39 is 5.97 Å². The van der Waals surface area contributed by atoms with Crippen molar-refractivity contribution in [3.63, 3.8) is 0 Å². The van der Waals surface area contributed by atoms with Gasteiger partial charge in [-0.05, 0) is 5.92 Å². The fraction of sp³-hybridized carbons (Fsp3) is 0.667. The van der Waals surface area contributed by atoms with E-state index in [1.54, 1.807) is 0 Å². The van der Waals surface area contributed by atoms with Gasteiger partial charge in [-0.1, -0.05) is 19.0 Å². The molecule has 0 unspecified atom stereocenters. The fourth-order valence-electron chi connectivity index (χ4n) is 0.558. The first-order valence-corrected chi connectivity index (χ1v) is 3.02. The maximum Gasteiger partial charge on any atom is 0.353 e. The summed E-state index contributed by atoms with van der Waals surface area (Å²) in [6.45, 7) is 3.71. The second kappa shape index (κ2) is 3.87. The highest BCUT2D eigenvalue weighted by atomic mass is 16.4. The first-order chi connectivity index (χ1) is 4.57. The molecule has 4 heteroatoms. The lowest BCUT2D eigenvalue weighted by Gasteiger charge is -2.00. The third kappa shape index (κ3) is 3.06. The van der Waals surface area contributed by atoms with Gasteiger partial charge in [0.05, 0.1) is 0 Å². The predicted molar refractivity (Wildman–Crippen MR) is 36.3 cm³/mol. The third-order valence-electron chi connectivity index (χ3n) is 0.969. The van der Waals surface area contributed by atoms with E-state index in [9.17, 15) is 4.79 Å². The molecule has 0 amide bonds. The Bertz CT molecular complexity index is 151. The average molecular weight is 145 g/mol. The molecule has 0 spiro atoms. The normalized spacial score (nSPS) is 12.1. The largest absolute Gasteiger partial charge is 0.477 e. The van der Waals surface area contributed by atoms with Gasteiger partial charge < -0.3 is 10.3 Å². The van der Waals surface area contributed by atoms with Crippen LogP contribution in [-0.2, 0) is 4.79 Å². The van der Waals surface area contributed by atoms with Gasteiger partial charge in [0.15, 0.2) is 5.71 Å². The maximum atomic E-state index is 10.2. The minimum Gasteiger partial charge on any atom is -0.477 e. The van der Waals surface area contributed by atoms with Crippen LogP contribution in [-0.4, -0.2) is 22.0 Å². The molecule has 0 saturated carbocycles. The highest BCUT2D eigenvalue weighted by Crippen LogP contribution is 2.00. The summed E-state index contributed by atoms with van der Waals surface area (Å²) in [4.78, 5) is 10.2. The Kier molecular flexibility index (Phi) is 3.46. The van der Waals surface area contributed by atoms with Gasteiger partial charge in [0.2, 0.25) is 0 Å². The maximum absolute atomic E-state index is 10.2. The number of carboxylic acids is 1. The van der Waals surface area contributed by atoms with Crippen LogP contribution in [0.1, 0.15) is 20.3 Å². The molecule has 0 bridgehead atoms. The SMILES string of the molecule is CC(C)C/C(=N/O)C(=O)O. The van der Waals surface area contributed by atoms with Crippen LogP contribution >= 0.6 is 0 Å². The molecule has 0 aliphatic rings. The van der Waals surface area contributed by atoms with Crippen molar-refractivity contribution in [2.24, 2.45) is 11.1 Å². The number of aliphatic carboxylic acids is 1. The molecule has 0 rings (SSSR count). The summed E-state index contributed by atoms with van der Waals surface area (Å²) in [6.07, 6.45) is 0.297. The minimum absolute atomic E-state index is 0.185. The van der Waals surface area contributed by atoms with Crippen molar-refractivity contribution in [2.75, 3.05) is 0 Å². The molecule has 0 atom stereocenters. The van der Waals surface area contributed by atoms with E-state index in [-0.39, 0.29) is 11.6 Å². The molecule has 0 aromatic carbocycles. The lowest BCUT2D eigenvalue weighted by Crippen LogP contribution is -2.15. The molecule has 0 fully saturated rings. The smallest absolute Gasteiger partial charge is 0.353 e. The lowest BCUT2D eigenvalue weighted by molar-refractivity contribution is -0.129. The van der Waals surface area contributed by atoms with E-state index in [1.807, 2.05) is 13.8 Å². The van der Waals surface area contributed by atoms with Crippen LogP contribution in [0.5, 0.6) is 0 Å². The summed E-state index contributed by atoms with van der Waals surface area (Å²) < 4.78 is 0. The second-order valence-electron chi connectivity index (χ2n) is 2.45. The topological polar surface area (TPSA) is 69.9 Å². The summed E-state index contributed by atoms with van der Waals surface area (Å²) in [5.41, 5.74) is -0.185. The number of hydrogen-bond acceptors (Lipinski definition) is 3. The van der Waals surface area contributed by atoms with Crippen molar-refractivity contribution >= 4 is 11.7 Å². The monoisotopic (exact) mass is 145 g/mol. The first-order valence-electron chi connectivity index (χ1n) is 3.02. The van der Waals surface area contributed by atoms with Crippen LogP contribution in [0.25, 0.3) is 0 Å². The first kappa shape index (κ1) is 8.94. The zero-order valence-electron chi connectivity index (χ0n) is 6.03. The van der Waals surface area contributed by atoms with E-state index >= 15 is 0 Å². The summed E-state index contributed by atoms with van der Waals surface area (Å²) >= 11 is 0. The van der Waals surface area contributed by atoms with Crippen molar-refractivity contribution in [1.29, 1.82) is 0 Å². The Labute approximate surface area is 59.2 Å². The average Bonchev–Trinajstić information content (AvgIpc) is 1.81. The zero-order valence-corrected chi connectivity index (χ0v) is 6.03. The number of carbonyl (C=O) groups is 1. The standard InChI is InChI=1S/C6H11NO3/c1-4(2)3-5(7-10)6(8)9/h4,10H,3H2,1-2H3,(H,8,9)/b7-5-. The summed E-state index contributed by atoms with van der Waals surface area (Å²) in [7, 11) is 0. The third-order valence-corrected chi connectivity index (χ3v) is 0.969. The van der Waals surface area contributed by atoms with Gasteiger partial charge in [-0.25, -0.2) is 4.79 Å². The Morgan fingerprint density at radius 1 is 1.60 bits per heavy atom.